The van der Waals surface area contributed by atoms with E-state index in [2.05, 4.69) is 5.32 Å². The second kappa shape index (κ2) is 6.81. The number of carbonyl (C=O) groups excluding carboxylic acids is 1. The Bertz CT molecular complexity index is 398. The van der Waals surface area contributed by atoms with Crippen molar-refractivity contribution in [3.05, 3.63) is 33.8 Å². The van der Waals surface area contributed by atoms with E-state index in [1.165, 1.54) is 19.2 Å². The summed E-state index contributed by atoms with van der Waals surface area (Å²) in [4.78, 5) is 11.8. The first-order chi connectivity index (χ1) is 8.08. The standard InChI is InChI=1S/C11H13Cl2NO3/c1-17-6-8(5-15)14-11(16)9-3-2-7(12)4-10(9)13/h2-4,8,15H,5-6H2,1H3,(H,14,16). The SMILES string of the molecule is COCC(CO)NC(=O)c1ccc(Cl)cc1Cl. The summed E-state index contributed by atoms with van der Waals surface area (Å²) in [6, 6.07) is 4.13. The van der Waals surface area contributed by atoms with E-state index in [1.54, 1.807) is 6.07 Å². The van der Waals surface area contributed by atoms with Gasteiger partial charge in [-0.05, 0) is 18.2 Å². The number of nitrogens with one attached hydrogen (secondary N) is 1. The van der Waals surface area contributed by atoms with Gasteiger partial charge in [0.1, 0.15) is 0 Å². The molecule has 0 saturated heterocycles. The summed E-state index contributed by atoms with van der Waals surface area (Å²) in [7, 11) is 1.49. The number of rotatable bonds is 5. The Balaban J connectivity index is 2.75. The second-order valence-corrected chi connectivity index (χ2v) is 4.28. The molecule has 0 bridgehead atoms. The molecule has 0 aliphatic heterocycles. The van der Waals surface area contributed by atoms with Crippen LogP contribution in [0.25, 0.3) is 0 Å². The third-order valence-corrected chi connectivity index (χ3v) is 2.65. The highest BCUT2D eigenvalue weighted by atomic mass is 35.5. The molecule has 1 aromatic carbocycles. The maximum atomic E-state index is 11.8. The molecule has 4 nitrogen and oxygen atoms in total. The van der Waals surface area contributed by atoms with Gasteiger partial charge < -0.3 is 15.2 Å². The second-order valence-electron chi connectivity index (χ2n) is 3.43. The number of carbonyl (C=O) groups is 1. The summed E-state index contributed by atoms with van der Waals surface area (Å²) in [5.41, 5.74) is 0.311. The van der Waals surface area contributed by atoms with Gasteiger partial charge in [0.2, 0.25) is 0 Å². The molecule has 94 valence electrons. The van der Waals surface area contributed by atoms with Crippen LogP contribution in [0.1, 0.15) is 10.4 Å². The molecule has 0 aliphatic rings. The Morgan fingerprint density at radius 3 is 2.76 bits per heavy atom. The van der Waals surface area contributed by atoms with Gasteiger partial charge in [-0.15, -0.1) is 0 Å². The van der Waals surface area contributed by atoms with Crippen LogP contribution in [0.5, 0.6) is 0 Å². The van der Waals surface area contributed by atoms with Crippen LogP contribution >= 0.6 is 23.2 Å². The molecule has 17 heavy (non-hydrogen) atoms. The molecule has 1 unspecified atom stereocenters. The predicted octanol–water partition coefficient (Wildman–Crippen LogP) is 1.73. The minimum absolute atomic E-state index is 0.204. The van der Waals surface area contributed by atoms with E-state index in [1.807, 2.05) is 0 Å². The molecule has 0 saturated carbocycles. The van der Waals surface area contributed by atoms with Gasteiger partial charge in [-0.1, -0.05) is 23.2 Å². The largest absolute Gasteiger partial charge is 0.394 e. The first-order valence-corrected chi connectivity index (χ1v) is 5.69. The zero-order chi connectivity index (χ0) is 12.8. The van der Waals surface area contributed by atoms with Crippen molar-refractivity contribution in [1.82, 2.24) is 5.32 Å². The van der Waals surface area contributed by atoms with E-state index in [0.29, 0.717) is 10.6 Å². The van der Waals surface area contributed by atoms with Gasteiger partial charge in [0, 0.05) is 12.1 Å². The van der Waals surface area contributed by atoms with Crippen LogP contribution in [0.2, 0.25) is 10.0 Å². The smallest absolute Gasteiger partial charge is 0.253 e. The van der Waals surface area contributed by atoms with Crippen molar-refractivity contribution in [2.75, 3.05) is 20.3 Å². The van der Waals surface area contributed by atoms with Crippen LogP contribution < -0.4 is 5.32 Å². The van der Waals surface area contributed by atoms with Crippen LogP contribution in [0.3, 0.4) is 0 Å². The van der Waals surface area contributed by atoms with Crippen molar-refractivity contribution in [2.24, 2.45) is 0 Å². The van der Waals surface area contributed by atoms with Gasteiger partial charge in [0.05, 0.1) is 29.8 Å². The average Bonchev–Trinajstić information content (AvgIpc) is 2.28. The molecule has 1 rings (SSSR count). The summed E-state index contributed by atoms with van der Waals surface area (Å²) < 4.78 is 4.85. The molecule has 2 N–H and O–H groups in total. The fourth-order valence-electron chi connectivity index (χ4n) is 1.28. The maximum absolute atomic E-state index is 11.8. The van der Waals surface area contributed by atoms with E-state index in [-0.39, 0.29) is 24.1 Å². The summed E-state index contributed by atoms with van der Waals surface area (Å²) in [5, 5.41) is 12.3. The first-order valence-electron chi connectivity index (χ1n) is 4.94. The molecule has 0 aromatic heterocycles. The summed E-state index contributed by atoms with van der Waals surface area (Å²) in [6.45, 7) is 0.0260. The Hall–Kier alpha value is -0.810. The van der Waals surface area contributed by atoms with E-state index < -0.39 is 6.04 Å². The molecule has 0 fully saturated rings. The van der Waals surface area contributed by atoms with Gasteiger partial charge in [-0.3, -0.25) is 4.79 Å². The number of hydrogen-bond acceptors (Lipinski definition) is 3. The molecule has 0 radical (unpaired) electrons. The van der Waals surface area contributed by atoms with Crippen molar-refractivity contribution >= 4 is 29.1 Å². The highest BCUT2D eigenvalue weighted by Crippen LogP contribution is 2.20. The zero-order valence-corrected chi connectivity index (χ0v) is 10.8. The fourth-order valence-corrected chi connectivity index (χ4v) is 1.77. The minimum atomic E-state index is -0.459. The van der Waals surface area contributed by atoms with Crippen LogP contribution in [-0.4, -0.2) is 37.4 Å². The van der Waals surface area contributed by atoms with Crippen molar-refractivity contribution in [1.29, 1.82) is 0 Å². The molecule has 1 aromatic rings. The van der Waals surface area contributed by atoms with Gasteiger partial charge in [-0.2, -0.15) is 0 Å². The topological polar surface area (TPSA) is 58.6 Å². The monoisotopic (exact) mass is 277 g/mol. The van der Waals surface area contributed by atoms with Crippen LogP contribution in [0, 0.1) is 0 Å². The highest BCUT2D eigenvalue weighted by Gasteiger charge is 2.15. The van der Waals surface area contributed by atoms with Crippen molar-refractivity contribution in [3.63, 3.8) is 0 Å². The number of hydrogen-bond donors (Lipinski definition) is 2. The van der Waals surface area contributed by atoms with E-state index in [0.717, 1.165) is 0 Å². The normalized spacial score (nSPS) is 12.2. The third-order valence-electron chi connectivity index (χ3n) is 2.10. The van der Waals surface area contributed by atoms with E-state index >= 15 is 0 Å². The molecule has 0 heterocycles. The quantitative estimate of drug-likeness (QED) is 0.862. The van der Waals surface area contributed by atoms with E-state index in [4.69, 9.17) is 33.0 Å². The fraction of sp³-hybridized carbons (Fsp3) is 0.364. The molecule has 6 heteroatoms. The summed E-state index contributed by atoms with van der Waals surface area (Å²) in [5.74, 6) is -0.372. The van der Waals surface area contributed by atoms with Gasteiger partial charge in [0.25, 0.3) is 5.91 Å². The van der Waals surface area contributed by atoms with Crippen molar-refractivity contribution in [2.45, 2.75) is 6.04 Å². The number of aliphatic hydroxyl groups is 1. The van der Waals surface area contributed by atoms with E-state index in [9.17, 15) is 4.79 Å². The van der Waals surface area contributed by atoms with Gasteiger partial charge >= 0.3 is 0 Å². The predicted molar refractivity (Wildman–Crippen MR) is 66.7 cm³/mol. The lowest BCUT2D eigenvalue weighted by Crippen LogP contribution is -2.40. The van der Waals surface area contributed by atoms with Gasteiger partial charge in [0.15, 0.2) is 0 Å². The summed E-state index contributed by atoms with van der Waals surface area (Å²) >= 11 is 11.6. The number of benzene rings is 1. The molecule has 1 atom stereocenters. The third kappa shape index (κ3) is 4.16. The lowest BCUT2D eigenvalue weighted by atomic mass is 10.2. The number of aliphatic hydroxyl groups excluding tert-OH is 1. The first kappa shape index (κ1) is 14.3. The number of halogens is 2. The average molecular weight is 278 g/mol. The van der Waals surface area contributed by atoms with Crippen LogP contribution in [0.4, 0.5) is 0 Å². The summed E-state index contributed by atoms with van der Waals surface area (Å²) in [6.07, 6.45) is 0. The number of methoxy groups -OCH3 is 1. The lowest BCUT2D eigenvalue weighted by molar-refractivity contribution is 0.0840. The molecular weight excluding hydrogens is 265 g/mol. The molecule has 0 aliphatic carbocycles. The molecule has 1 amide bonds. The van der Waals surface area contributed by atoms with Gasteiger partial charge in [-0.25, -0.2) is 0 Å². The Morgan fingerprint density at radius 2 is 2.24 bits per heavy atom. The Labute approximate surface area is 109 Å². The minimum Gasteiger partial charge on any atom is -0.394 e. The van der Waals surface area contributed by atoms with Crippen LogP contribution in [-0.2, 0) is 4.74 Å². The Morgan fingerprint density at radius 1 is 1.53 bits per heavy atom. The number of ether oxygens (including phenoxy) is 1. The van der Waals surface area contributed by atoms with Crippen molar-refractivity contribution < 1.29 is 14.6 Å². The van der Waals surface area contributed by atoms with Crippen LogP contribution in [0.15, 0.2) is 18.2 Å². The maximum Gasteiger partial charge on any atom is 0.253 e. The number of amides is 1. The Kier molecular flexibility index (Phi) is 5.71. The lowest BCUT2D eigenvalue weighted by Gasteiger charge is -2.15. The van der Waals surface area contributed by atoms with Crippen molar-refractivity contribution in [3.8, 4) is 0 Å². The molecule has 0 spiro atoms. The molecular formula is C11H13Cl2NO3. The zero-order valence-electron chi connectivity index (χ0n) is 9.24. The highest BCUT2D eigenvalue weighted by molar-refractivity contribution is 6.36.